The van der Waals surface area contributed by atoms with Crippen LogP contribution in [0.5, 0.6) is 0 Å². The van der Waals surface area contributed by atoms with Crippen molar-refractivity contribution in [3.63, 3.8) is 0 Å². The SMILES string of the molecule is CO[C@H](C(=O)NN=Cc1ccc(C)c(C)c1C)c1ccccc1. The molecule has 1 N–H and O–H groups in total. The summed E-state index contributed by atoms with van der Waals surface area (Å²) in [5.41, 5.74) is 7.97. The maximum absolute atomic E-state index is 12.2. The second-order valence-electron chi connectivity index (χ2n) is 5.48. The van der Waals surface area contributed by atoms with Gasteiger partial charge in [-0.15, -0.1) is 0 Å². The highest BCUT2D eigenvalue weighted by Gasteiger charge is 2.19. The van der Waals surface area contributed by atoms with Crippen LogP contribution < -0.4 is 5.43 Å². The average Bonchev–Trinajstić information content (AvgIpc) is 2.56. The molecule has 0 unspecified atom stereocenters. The number of nitrogens with zero attached hydrogens (tertiary/aromatic N) is 1. The van der Waals surface area contributed by atoms with Crippen LogP contribution in [0.15, 0.2) is 47.6 Å². The third-order valence-corrected chi connectivity index (χ3v) is 4.05. The second kappa shape index (κ2) is 7.70. The summed E-state index contributed by atoms with van der Waals surface area (Å²) in [6.45, 7) is 6.21. The van der Waals surface area contributed by atoms with Crippen LogP contribution in [0, 0.1) is 20.8 Å². The van der Waals surface area contributed by atoms with Crippen LogP contribution in [-0.4, -0.2) is 19.2 Å². The van der Waals surface area contributed by atoms with E-state index in [4.69, 9.17) is 4.74 Å². The number of hydrazone groups is 1. The molecule has 120 valence electrons. The van der Waals surface area contributed by atoms with Gasteiger partial charge >= 0.3 is 0 Å². The molecule has 0 bridgehead atoms. The molecule has 0 aliphatic carbocycles. The Kier molecular flexibility index (Phi) is 5.66. The number of carbonyl (C=O) groups excluding carboxylic acids is 1. The summed E-state index contributed by atoms with van der Waals surface area (Å²) in [4.78, 5) is 12.2. The molecule has 0 spiro atoms. The number of hydrogen-bond acceptors (Lipinski definition) is 3. The third kappa shape index (κ3) is 4.05. The van der Waals surface area contributed by atoms with Gasteiger partial charge in [-0.1, -0.05) is 42.5 Å². The van der Waals surface area contributed by atoms with Gasteiger partial charge in [-0.05, 0) is 48.6 Å². The average molecular weight is 310 g/mol. The predicted octanol–water partition coefficient (Wildman–Crippen LogP) is 3.45. The van der Waals surface area contributed by atoms with Crippen LogP contribution in [0.2, 0.25) is 0 Å². The van der Waals surface area contributed by atoms with Crippen molar-refractivity contribution >= 4 is 12.1 Å². The minimum Gasteiger partial charge on any atom is -0.367 e. The Labute approximate surface area is 137 Å². The lowest BCUT2D eigenvalue weighted by Crippen LogP contribution is -2.26. The Morgan fingerprint density at radius 3 is 2.43 bits per heavy atom. The van der Waals surface area contributed by atoms with E-state index in [1.54, 1.807) is 6.21 Å². The van der Waals surface area contributed by atoms with Crippen LogP contribution >= 0.6 is 0 Å². The Bertz CT molecular complexity index is 709. The molecule has 23 heavy (non-hydrogen) atoms. The van der Waals surface area contributed by atoms with E-state index in [9.17, 15) is 4.79 Å². The Morgan fingerprint density at radius 1 is 1.09 bits per heavy atom. The Morgan fingerprint density at radius 2 is 1.78 bits per heavy atom. The number of amides is 1. The molecule has 0 fully saturated rings. The number of nitrogens with one attached hydrogen (secondary N) is 1. The summed E-state index contributed by atoms with van der Waals surface area (Å²) in [6.07, 6.45) is 0.992. The lowest BCUT2D eigenvalue weighted by Gasteiger charge is -2.13. The summed E-state index contributed by atoms with van der Waals surface area (Å²) in [5, 5.41) is 4.06. The predicted molar refractivity (Wildman–Crippen MR) is 92.6 cm³/mol. The van der Waals surface area contributed by atoms with Crippen molar-refractivity contribution in [2.45, 2.75) is 26.9 Å². The minimum atomic E-state index is -0.672. The smallest absolute Gasteiger partial charge is 0.273 e. The molecule has 2 rings (SSSR count). The van der Waals surface area contributed by atoms with Gasteiger partial charge < -0.3 is 4.74 Å². The topological polar surface area (TPSA) is 50.7 Å². The normalized spacial score (nSPS) is 12.3. The van der Waals surface area contributed by atoms with E-state index in [0.29, 0.717) is 0 Å². The molecule has 4 nitrogen and oxygen atoms in total. The number of carbonyl (C=O) groups is 1. The molecule has 0 radical (unpaired) electrons. The summed E-state index contributed by atoms with van der Waals surface area (Å²) in [7, 11) is 1.51. The van der Waals surface area contributed by atoms with E-state index in [-0.39, 0.29) is 5.91 Å². The fraction of sp³-hybridized carbons (Fsp3) is 0.263. The Balaban J connectivity index is 2.08. The summed E-state index contributed by atoms with van der Waals surface area (Å²) in [5.74, 6) is -0.295. The molecule has 1 atom stereocenters. The third-order valence-electron chi connectivity index (χ3n) is 4.05. The van der Waals surface area contributed by atoms with Crippen LogP contribution in [-0.2, 0) is 9.53 Å². The van der Waals surface area contributed by atoms with E-state index in [1.165, 1.54) is 18.2 Å². The zero-order valence-corrected chi connectivity index (χ0v) is 14.0. The monoisotopic (exact) mass is 310 g/mol. The highest BCUT2D eigenvalue weighted by Crippen LogP contribution is 2.17. The maximum Gasteiger partial charge on any atom is 0.273 e. The first kappa shape index (κ1) is 16.9. The highest BCUT2D eigenvalue weighted by atomic mass is 16.5. The first-order valence-electron chi connectivity index (χ1n) is 7.52. The largest absolute Gasteiger partial charge is 0.367 e. The lowest BCUT2D eigenvalue weighted by atomic mass is 10.00. The van der Waals surface area contributed by atoms with Gasteiger partial charge in [-0.25, -0.2) is 5.43 Å². The van der Waals surface area contributed by atoms with Crippen molar-refractivity contribution < 1.29 is 9.53 Å². The molecule has 2 aromatic rings. The molecule has 2 aromatic carbocycles. The van der Waals surface area contributed by atoms with Crippen LogP contribution in [0.4, 0.5) is 0 Å². The van der Waals surface area contributed by atoms with E-state index in [1.807, 2.05) is 49.4 Å². The standard InChI is InChI=1S/C19H22N2O2/c1-13-10-11-17(15(3)14(13)2)12-20-21-19(22)18(23-4)16-8-6-5-7-9-16/h5-12,18H,1-4H3,(H,21,22)/t18-/m0/s1. The van der Waals surface area contributed by atoms with Crippen LogP contribution in [0.1, 0.15) is 33.9 Å². The van der Waals surface area contributed by atoms with Gasteiger partial charge in [0.1, 0.15) is 0 Å². The van der Waals surface area contributed by atoms with Gasteiger partial charge in [-0.3, -0.25) is 4.79 Å². The zero-order chi connectivity index (χ0) is 16.8. The molecule has 0 aromatic heterocycles. The second-order valence-corrected chi connectivity index (χ2v) is 5.48. The Hall–Kier alpha value is -2.46. The van der Waals surface area contributed by atoms with Crippen molar-refractivity contribution in [3.05, 3.63) is 70.3 Å². The van der Waals surface area contributed by atoms with Gasteiger partial charge in [0.05, 0.1) is 6.21 Å². The minimum absolute atomic E-state index is 0.295. The summed E-state index contributed by atoms with van der Waals surface area (Å²) >= 11 is 0. The van der Waals surface area contributed by atoms with Gasteiger partial charge in [0.2, 0.25) is 0 Å². The molecular weight excluding hydrogens is 288 g/mol. The molecule has 0 aliphatic rings. The van der Waals surface area contributed by atoms with Crippen LogP contribution in [0.25, 0.3) is 0 Å². The molecule has 0 saturated carbocycles. The lowest BCUT2D eigenvalue weighted by molar-refractivity contribution is -0.131. The quantitative estimate of drug-likeness (QED) is 0.679. The number of aryl methyl sites for hydroxylation is 1. The molecule has 1 amide bonds. The molecular formula is C19H22N2O2. The number of benzene rings is 2. The molecule has 0 aliphatic heterocycles. The summed E-state index contributed by atoms with van der Waals surface area (Å²) < 4.78 is 5.27. The number of rotatable bonds is 5. The van der Waals surface area contributed by atoms with E-state index >= 15 is 0 Å². The maximum atomic E-state index is 12.2. The molecule has 0 heterocycles. The first-order chi connectivity index (χ1) is 11.0. The molecule has 4 heteroatoms. The fourth-order valence-corrected chi connectivity index (χ4v) is 2.36. The fourth-order valence-electron chi connectivity index (χ4n) is 2.36. The van der Waals surface area contributed by atoms with Gasteiger partial charge in [-0.2, -0.15) is 5.10 Å². The van der Waals surface area contributed by atoms with Crippen molar-refractivity contribution in [2.24, 2.45) is 5.10 Å². The van der Waals surface area contributed by atoms with Gasteiger partial charge in [0.25, 0.3) is 5.91 Å². The first-order valence-corrected chi connectivity index (χ1v) is 7.52. The van der Waals surface area contributed by atoms with Crippen molar-refractivity contribution in [1.29, 1.82) is 0 Å². The highest BCUT2D eigenvalue weighted by molar-refractivity contribution is 5.86. The zero-order valence-electron chi connectivity index (χ0n) is 14.0. The van der Waals surface area contributed by atoms with Crippen molar-refractivity contribution in [3.8, 4) is 0 Å². The van der Waals surface area contributed by atoms with E-state index in [2.05, 4.69) is 24.4 Å². The molecule has 0 saturated heterocycles. The van der Waals surface area contributed by atoms with E-state index in [0.717, 1.165) is 16.7 Å². The van der Waals surface area contributed by atoms with Gasteiger partial charge in [0, 0.05) is 7.11 Å². The van der Waals surface area contributed by atoms with Crippen LogP contribution in [0.3, 0.4) is 0 Å². The van der Waals surface area contributed by atoms with Gasteiger partial charge in [0.15, 0.2) is 6.10 Å². The van der Waals surface area contributed by atoms with Crippen molar-refractivity contribution in [2.75, 3.05) is 7.11 Å². The summed E-state index contributed by atoms with van der Waals surface area (Å²) in [6, 6.07) is 13.4. The van der Waals surface area contributed by atoms with E-state index < -0.39 is 6.10 Å². The number of ether oxygens (including phenoxy) is 1. The number of hydrogen-bond donors (Lipinski definition) is 1. The van der Waals surface area contributed by atoms with Crippen molar-refractivity contribution in [1.82, 2.24) is 5.43 Å². The number of methoxy groups -OCH3 is 1.